The maximum absolute atomic E-state index is 13.0. The molecule has 1 aliphatic heterocycles. The van der Waals surface area contributed by atoms with Crippen molar-refractivity contribution in [1.82, 2.24) is 9.97 Å². The monoisotopic (exact) mass is 420 g/mol. The Labute approximate surface area is 178 Å². The van der Waals surface area contributed by atoms with E-state index in [-0.39, 0.29) is 5.82 Å². The first-order chi connectivity index (χ1) is 14.7. The number of fused-ring (bicyclic) bond motifs is 3. The molecule has 1 saturated heterocycles. The number of amides is 1. The molecule has 152 valence electrons. The molecule has 5 rings (SSSR count). The highest BCUT2D eigenvalue weighted by Crippen LogP contribution is 2.34. The first-order valence-corrected chi connectivity index (χ1v) is 10.6. The summed E-state index contributed by atoms with van der Waals surface area (Å²) in [6, 6.07) is 14.8. The first kappa shape index (κ1) is 18.9. The number of nitrogens with zero attached hydrogens (tertiary/aromatic N) is 3. The Morgan fingerprint density at radius 2 is 1.70 bits per heavy atom. The van der Waals surface area contributed by atoms with Gasteiger partial charge in [-0.1, -0.05) is 48.7 Å². The van der Waals surface area contributed by atoms with Crippen molar-refractivity contribution in [3.8, 4) is 0 Å². The average molecular weight is 421 g/mol. The quantitative estimate of drug-likeness (QED) is 0.462. The summed E-state index contributed by atoms with van der Waals surface area (Å²) in [7, 11) is 0. The molecule has 1 aliphatic rings. The van der Waals surface area contributed by atoms with Crippen molar-refractivity contribution < 1.29 is 9.21 Å². The number of benzene rings is 2. The fraction of sp³-hybridized carbons (Fsp3) is 0.261. The predicted molar refractivity (Wildman–Crippen MR) is 119 cm³/mol. The van der Waals surface area contributed by atoms with Gasteiger partial charge in [0.25, 0.3) is 5.91 Å². The van der Waals surface area contributed by atoms with Crippen LogP contribution in [0, 0.1) is 0 Å². The number of rotatable bonds is 3. The van der Waals surface area contributed by atoms with Crippen LogP contribution in [0.3, 0.4) is 0 Å². The van der Waals surface area contributed by atoms with Crippen LogP contribution in [0.1, 0.15) is 36.3 Å². The van der Waals surface area contributed by atoms with Crippen LogP contribution in [0.25, 0.3) is 22.1 Å². The summed E-state index contributed by atoms with van der Waals surface area (Å²) < 4.78 is 6.13. The minimum absolute atomic E-state index is 0.105. The third kappa shape index (κ3) is 3.48. The lowest BCUT2D eigenvalue weighted by Gasteiger charge is -2.21. The highest BCUT2D eigenvalue weighted by molar-refractivity contribution is 6.33. The Morgan fingerprint density at radius 3 is 2.50 bits per heavy atom. The van der Waals surface area contributed by atoms with E-state index in [9.17, 15) is 4.79 Å². The molecule has 4 aromatic rings. The van der Waals surface area contributed by atoms with E-state index in [1.165, 1.54) is 12.8 Å². The number of halogens is 1. The molecule has 0 unspecified atom stereocenters. The summed E-state index contributed by atoms with van der Waals surface area (Å²) in [6.07, 6.45) is 4.58. The maximum atomic E-state index is 13.0. The lowest BCUT2D eigenvalue weighted by Crippen LogP contribution is -2.26. The molecule has 0 atom stereocenters. The van der Waals surface area contributed by atoms with Crippen LogP contribution in [0.15, 0.2) is 52.9 Å². The summed E-state index contributed by atoms with van der Waals surface area (Å²) in [5, 5.41) is 4.17. The Hall–Kier alpha value is -3.12. The average Bonchev–Trinajstić information content (AvgIpc) is 2.93. The number of furan rings is 1. The van der Waals surface area contributed by atoms with Crippen molar-refractivity contribution in [2.24, 2.45) is 0 Å². The van der Waals surface area contributed by atoms with Crippen molar-refractivity contribution in [2.75, 3.05) is 23.3 Å². The highest BCUT2D eigenvalue weighted by Gasteiger charge is 2.23. The molecule has 2 aromatic carbocycles. The highest BCUT2D eigenvalue weighted by atomic mass is 35.5. The second-order valence-corrected chi connectivity index (χ2v) is 7.89. The largest absolute Gasteiger partial charge is 0.450 e. The Bertz CT molecular complexity index is 1230. The Morgan fingerprint density at radius 1 is 0.967 bits per heavy atom. The molecule has 0 bridgehead atoms. The van der Waals surface area contributed by atoms with E-state index in [4.69, 9.17) is 16.0 Å². The molecule has 1 amide bonds. The van der Waals surface area contributed by atoms with Gasteiger partial charge in [-0.15, -0.1) is 0 Å². The van der Waals surface area contributed by atoms with Crippen LogP contribution in [0.2, 0.25) is 5.02 Å². The number of aromatic nitrogens is 2. The van der Waals surface area contributed by atoms with Gasteiger partial charge in [0.2, 0.25) is 5.82 Å². The van der Waals surface area contributed by atoms with E-state index in [1.54, 1.807) is 12.1 Å². The molecule has 3 heterocycles. The zero-order valence-corrected chi connectivity index (χ0v) is 17.2. The van der Waals surface area contributed by atoms with E-state index in [1.807, 2.05) is 36.4 Å². The van der Waals surface area contributed by atoms with Gasteiger partial charge in [-0.2, -0.15) is 0 Å². The zero-order valence-electron chi connectivity index (χ0n) is 16.4. The fourth-order valence-electron chi connectivity index (χ4n) is 3.92. The number of carbonyl (C=O) groups is 1. The molecular formula is C23H21ClN4O2. The van der Waals surface area contributed by atoms with Crippen molar-refractivity contribution >= 4 is 51.1 Å². The number of anilines is 2. The van der Waals surface area contributed by atoms with Gasteiger partial charge in [-0.25, -0.2) is 9.97 Å². The van der Waals surface area contributed by atoms with Crippen LogP contribution in [-0.2, 0) is 0 Å². The van der Waals surface area contributed by atoms with Crippen molar-refractivity contribution in [1.29, 1.82) is 0 Å². The number of hydrogen-bond donors (Lipinski definition) is 1. The van der Waals surface area contributed by atoms with E-state index in [2.05, 4.69) is 20.2 Å². The number of para-hydroxylation sites is 2. The summed E-state index contributed by atoms with van der Waals surface area (Å²) in [6.45, 7) is 1.77. The Kier molecular flexibility index (Phi) is 5.01. The van der Waals surface area contributed by atoms with Gasteiger partial charge in [0.1, 0.15) is 11.1 Å². The van der Waals surface area contributed by atoms with Gasteiger partial charge >= 0.3 is 0 Å². The van der Waals surface area contributed by atoms with Crippen LogP contribution >= 0.6 is 11.6 Å². The molecular weight excluding hydrogens is 400 g/mol. The van der Waals surface area contributed by atoms with E-state index in [0.29, 0.717) is 27.6 Å². The zero-order chi connectivity index (χ0) is 20.5. The van der Waals surface area contributed by atoms with Gasteiger partial charge < -0.3 is 14.6 Å². The standard InChI is InChI=1S/C23H21ClN4O2/c24-16-10-4-5-11-17(16)25-23(29)21-26-19-15-9-3-6-12-18(15)30-20(19)22(27-21)28-13-7-1-2-8-14-28/h3-6,9-12H,1-2,7-8,13-14H2,(H,25,29). The second-order valence-electron chi connectivity index (χ2n) is 7.48. The third-order valence-corrected chi connectivity index (χ3v) is 5.76. The molecule has 0 aliphatic carbocycles. The molecule has 1 fully saturated rings. The first-order valence-electron chi connectivity index (χ1n) is 10.2. The molecule has 6 nitrogen and oxygen atoms in total. The molecule has 1 N–H and O–H groups in total. The fourth-order valence-corrected chi connectivity index (χ4v) is 4.10. The molecule has 0 radical (unpaired) electrons. The minimum Gasteiger partial charge on any atom is -0.450 e. The van der Waals surface area contributed by atoms with E-state index < -0.39 is 5.91 Å². The van der Waals surface area contributed by atoms with Gasteiger partial charge in [-0.3, -0.25) is 4.79 Å². The van der Waals surface area contributed by atoms with Gasteiger partial charge in [0, 0.05) is 18.5 Å². The van der Waals surface area contributed by atoms with Crippen LogP contribution in [0.5, 0.6) is 0 Å². The lowest BCUT2D eigenvalue weighted by atomic mass is 10.2. The molecule has 2 aromatic heterocycles. The van der Waals surface area contributed by atoms with Gasteiger partial charge in [0.05, 0.1) is 10.7 Å². The minimum atomic E-state index is -0.397. The lowest BCUT2D eigenvalue weighted by molar-refractivity contribution is 0.101. The van der Waals surface area contributed by atoms with Crippen LogP contribution in [-0.4, -0.2) is 29.0 Å². The van der Waals surface area contributed by atoms with Gasteiger partial charge in [0.15, 0.2) is 11.4 Å². The summed E-state index contributed by atoms with van der Waals surface area (Å²) in [5.74, 6) is 0.391. The molecule has 7 heteroatoms. The second kappa shape index (κ2) is 7.95. The van der Waals surface area contributed by atoms with E-state index in [0.717, 1.165) is 36.9 Å². The van der Waals surface area contributed by atoms with Crippen LogP contribution < -0.4 is 10.2 Å². The molecule has 0 saturated carbocycles. The molecule has 30 heavy (non-hydrogen) atoms. The molecule has 0 spiro atoms. The van der Waals surface area contributed by atoms with Gasteiger partial charge in [-0.05, 0) is 37.1 Å². The normalized spacial score (nSPS) is 14.8. The third-order valence-electron chi connectivity index (χ3n) is 5.43. The summed E-state index contributed by atoms with van der Waals surface area (Å²) >= 11 is 6.20. The summed E-state index contributed by atoms with van der Waals surface area (Å²) in [5.41, 5.74) is 2.55. The van der Waals surface area contributed by atoms with E-state index >= 15 is 0 Å². The number of hydrogen-bond acceptors (Lipinski definition) is 5. The number of carbonyl (C=O) groups excluding carboxylic acids is 1. The smallest absolute Gasteiger partial charge is 0.293 e. The predicted octanol–water partition coefficient (Wildman–Crippen LogP) is 5.66. The SMILES string of the molecule is O=C(Nc1ccccc1Cl)c1nc(N2CCCCCC2)c2oc3ccccc3c2n1. The Balaban J connectivity index is 1.63. The summed E-state index contributed by atoms with van der Waals surface area (Å²) in [4.78, 5) is 24.5. The van der Waals surface area contributed by atoms with Crippen molar-refractivity contribution in [3.05, 3.63) is 59.4 Å². The van der Waals surface area contributed by atoms with Crippen LogP contribution in [0.4, 0.5) is 11.5 Å². The number of nitrogens with one attached hydrogen (secondary N) is 1. The van der Waals surface area contributed by atoms with Crippen molar-refractivity contribution in [3.63, 3.8) is 0 Å². The maximum Gasteiger partial charge on any atom is 0.293 e. The topological polar surface area (TPSA) is 71.3 Å². The van der Waals surface area contributed by atoms with Crippen molar-refractivity contribution in [2.45, 2.75) is 25.7 Å².